The van der Waals surface area contributed by atoms with Crippen LogP contribution < -0.4 is 5.73 Å². The van der Waals surface area contributed by atoms with Gasteiger partial charge in [-0.15, -0.1) is 0 Å². The average molecular weight is 290 g/mol. The summed E-state index contributed by atoms with van der Waals surface area (Å²) in [5.74, 6) is 0. The molecule has 0 aromatic heterocycles. The summed E-state index contributed by atoms with van der Waals surface area (Å²) in [4.78, 5) is 0. The van der Waals surface area contributed by atoms with Gasteiger partial charge in [0.25, 0.3) is 0 Å². The molecule has 0 bridgehead atoms. The van der Waals surface area contributed by atoms with Gasteiger partial charge in [-0.2, -0.15) is 5.26 Å². The van der Waals surface area contributed by atoms with Crippen LogP contribution in [0.2, 0.25) is 0 Å². The first-order valence-corrected chi connectivity index (χ1v) is 4.80. The van der Waals surface area contributed by atoms with Crippen molar-refractivity contribution in [2.45, 2.75) is 6.92 Å². The van der Waals surface area contributed by atoms with Gasteiger partial charge >= 0.3 is 0 Å². The largest absolute Gasteiger partial charge is 0.397 e. The number of nitrogens with two attached hydrogens (primary N) is 1. The summed E-state index contributed by atoms with van der Waals surface area (Å²) in [7, 11) is 0. The maximum atomic E-state index is 8.76. The smallest absolute Gasteiger partial charge is 0.101 e. The summed E-state index contributed by atoms with van der Waals surface area (Å²) >= 11 is 6.56. The Bertz CT molecular complexity index is 366. The maximum Gasteiger partial charge on any atom is 0.101 e. The van der Waals surface area contributed by atoms with Gasteiger partial charge in [0.05, 0.1) is 15.7 Å². The summed E-state index contributed by atoms with van der Waals surface area (Å²) in [5.41, 5.74) is 7.75. The summed E-state index contributed by atoms with van der Waals surface area (Å²) in [5, 5.41) is 8.76. The lowest BCUT2D eigenvalue weighted by molar-refractivity contribution is 1.36. The second kappa shape index (κ2) is 3.46. The Morgan fingerprint density at radius 1 is 1.50 bits per heavy atom. The number of anilines is 1. The van der Waals surface area contributed by atoms with E-state index in [4.69, 9.17) is 11.0 Å². The molecule has 0 atom stereocenters. The maximum absolute atomic E-state index is 8.76. The fourth-order valence-electron chi connectivity index (χ4n) is 0.890. The predicted octanol–water partition coefficient (Wildman–Crippen LogP) is 2.97. The molecule has 2 N–H and O–H groups in total. The van der Waals surface area contributed by atoms with Gasteiger partial charge in [0, 0.05) is 4.47 Å². The van der Waals surface area contributed by atoms with E-state index in [0.29, 0.717) is 15.7 Å². The molecule has 0 heterocycles. The van der Waals surface area contributed by atoms with Crippen molar-refractivity contribution in [2.24, 2.45) is 0 Å². The van der Waals surface area contributed by atoms with E-state index in [1.165, 1.54) is 0 Å². The van der Waals surface area contributed by atoms with Crippen molar-refractivity contribution in [3.63, 3.8) is 0 Å². The number of rotatable bonds is 0. The molecule has 0 spiro atoms. The van der Waals surface area contributed by atoms with E-state index in [-0.39, 0.29) is 0 Å². The van der Waals surface area contributed by atoms with E-state index >= 15 is 0 Å². The molecule has 4 heteroatoms. The van der Waals surface area contributed by atoms with Crippen molar-refractivity contribution in [1.82, 2.24) is 0 Å². The molecule has 0 saturated carbocycles. The van der Waals surface area contributed by atoms with Crippen LogP contribution >= 0.6 is 31.9 Å². The van der Waals surface area contributed by atoms with Crippen molar-refractivity contribution >= 4 is 37.5 Å². The Balaban J connectivity index is 3.54. The highest BCUT2D eigenvalue weighted by Crippen LogP contribution is 2.32. The Hall–Kier alpha value is -0.530. The van der Waals surface area contributed by atoms with Gasteiger partial charge in [-0.05, 0) is 50.4 Å². The van der Waals surface area contributed by atoms with Crippen molar-refractivity contribution in [3.8, 4) is 6.07 Å². The second-order valence-corrected chi connectivity index (χ2v) is 4.04. The van der Waals surface area contributed by atoms with Gasteiger partial charge < -0.3 is 5.73 Å². The van der Waals surface area contributed by atoms with E-state index in [1.54, 1.807) is 0 Å². The molecule has 0 aliphatic carbocycles. The topological polar surface area (TPSA) is 49.8 Å². The number of nitrogens with zero attached hydrogens (tertiary/aromatic N) is 1. The molecule has 0 fully saturated rings. The van der Waals surface area contributed by atoms with Crippen LogP contribution in [-0.4, -0.2) is 0 Å². The molecule has 2 nitrogen and oxygen atoms in total. The Kier molecular flexibility index (Phi) is 2.76. The van der Waals surface area contributed by atoms with Crippen LogP contribution in [0.3, 0.4) is 0 Å². The quantitative estimate of drug-likeness (QED) is 0.747. The van der Waals surface area contributed by atoms with E-state index in [9.17, 15) is 0 Å². The van der Waals surface area contributed by atoms with Gasteiger partial charge in [0.2, 0.25) is 0 Å². The number of aryl methyl sites for hydroxylation is 1. The predicted molar refractivity (Wildman–Crippen MR) is 55.7 cm³/mol. The molecule has 0 aliphatic heterocycles. The first-order chi connectivity index (χ1) is 5.57. The number of nitriles is 1. The molecule has 12 heavy (non-hydrogen) atoms. The van der Waals surface area contributed by atoms with Crippen LogP contribution in [0.25, 0.3) is 0 Å². The monoisotopic (exact) mass is 288 g/mol. The third-order valence-electron chi connectivity index (χ3n) is 1.56. The molecular formula is C8H6Br2N2. The van der Waals surface area contributed by atoms with Gasteiger partial charge in [-0.25, -0.2) is 0 Å². The minimum absolute atomic E-state index is 0.567. The SMILES string of the molecule is Cc1cc(Br)c(N)c(Br)c1C#N. The zero-order chi connectivity index (χ0) is 9.30. The second-order valence-electron chi connectivity index (χ2n) is 2.39. The molecule has 1 rings (SSSR count). The van der Waals surface area contributed by atoms with Crippen LogP contribution in [0.5, 0.6) is 0 Å². The fourth-order valence-corrected chi connectivity index (χ4v) is 2.31. The Labute approximate surface area is 87.6 Å². The van der Waals surface area contributed by atoms with Gasteiger partial charge in [0.15, 0.2) is 0 Å². The number of halogens is 2. The third-order valence-corrected chi connectivity index (χ3v) is 3.04. The van der Waals surface area contributed by atoms with Crippen LogP contribution in [0.4, 0.5) is 5.69 Å². The van der Waals surface area contributed by atoms with Crippen molar-refractivity contribution in [3.05, 3.63) is 26.1 Å². The standard InChI is InChI=1S/C8H6Br2N2/c1-4-2-6(9)8(12)7(10)5(4)3-11/h2H,12H2,1H3. The number of hydrogen-bond acceptors (Lipinski definition) is 2. The highest BCUT2D eigenvalue weighted by molar-refractivity contribution is 9.11. The molecule has 62 valence electrons. The molecule has 0 amide bonds. The highest BCUT2D eigenvalue weighted by atomic mass is 79.9. The molecule has 0 saturated heterocycles. The van der Waals surface area contributed by atoms with Crippen molar-refractivity contribution < 1.29 is 0 Å². The average Bonchev–Trinajstić information content (AvgIpc) is 2.01. The fraction of sp³-hybridized carbons (Fsp3) is 0.125. The Morgan fingerprint density at radius 3 is 2.58 bits per heavy atom. The highest BCUT2D eigenvalue weighted by Gasteiger charge is 2.09. The number of nitrogen functional groups attached to an aromatic ring is 1. The summed E-state index contributed by atoms with van der Waals surface area (Å²) in [6.45, 7) is 1.87. The molecule has 0 aliphatic rings. The zero-order valence-corrected chi connectivity index (χ0v) is 9.53. The molecule has 0 unspecified atom stereocenters. The van der Waals surface area contributed by atoms with Gasteiger partial charge in [-0.1, -0.05) is 0 Å². The first kappa shape index (κ1) is 9.56. The van der Waals surface area contributed by atoms with Crippen LogP contribution in [0.1, 0.15) is 11.1 Å². The summed E-state index contributed by atoms with van der Waals surface area (Å²) in [6.07, 6.45) is 0. The Morgan fingerprint density at radius 2 is 2.08 bits per heavy atom. The van der Waals surface area contributed by atoms with Crippen LogP contribution in [0, 0.1) is 18.3 Å². The third kappa shape index (κ3) is 1.47. The lowest BCUT2D eigenvalue weighted by Gasteiger charge is -2.05. The van der Waals surface area contributed by atoms with E-state index in [0.717, 1.165) is 10.0 Å². The molecule has 0 radical (unpaired) electrons. The zero-order valence-electron chi connectivity index (χ0n) is 6.36. The number of benzene rings is 1. The summed E-state index contributed by atoms with van der Waals surface area (Å²) in [6, 6.07) is 3.92. The van der Waals surface area contributed by atoms with E-state index < -0.39 is 0 Å². The molecular weight excluding hydrogens is 284 g/mol. The van der Waals surface area contributed by atoms with Crippen molar-refractivity contribution in [2.75, 3.05) is 5.73 Å². The van der Waals surface area contributed by atoms with Crippen LogP contribution in [0.15, 0.2) is 15.0 Å². The number of hydrogen-bond donors (Lipinski definition) is 1. The van der Waals surface area contributed by atoms with Gasteiger partial charge in [0.1, 0.15) is 6.07 Å². The van der Waals surface area contributed by atoms with Crippen molar-refractivity contribution in [1.29, 1.82) is 5.26 Å². The van der Waals surface area contributed by atoms with E-state index in [1.807, 2.05) is 13.0 Å². The molecule has 1 aromatic carbocycles. The lowest BCUT2D eigenvalue weighted by atomic mass is 10.1. The first-order valence-electron chi connectivity index (χ1n) is 3.22. The van der Waals surface area contributed by atoms with E-state index in [2.05, 4.69) is 37.9 Å². The minimum atomic E-state index is 0.567. The molecule has 1 aromatic rings. The van der Waals surface area contributed by atoms with Crippen LogP contribution in [-0.2, 0) is 0 Å². The summed E-state index contributed by atoms with van der Waals surface area (Å²) < 4.78 is 1.47. The normalized spacial score (nSPS) is 9.50. The lowest BCUT2D eigenvalue weighted by Crippen LogP contribution is -1.93. The van der Waals surface area contributed by atoms with Gasteiger partial charge in [-0.3, -0.25) is 0 Å². The minimum Gasteiger partial charge on any atom is -0.397 e.